The van der Waals surface area contributed by atoms with E-state index in [4.69, 9.17) is 0 Å². The van der Waals surface area contributed by atoms with Crippen LogP contribution in [0.25, 0.3) is 43.1 Å². The van der Waals surface area contributed by atoms with Gasteiger partial charge in [0, 0.05) is 26.0 Å². The molecular weight excluding hydrogens is 352 g/mol. The molecule has 0 aliphatic rings. The Kier molecular flexibility index (Phi) is 2.41. The van der Waals surface area contributed by atoms with Crippen LogP contribution >= 0.6 is 15.9 Å². The van der Waals surface area contributed by atoms with Crippen molar-refractivity contribution in [3.63, 3.8) is 0 Å². The van der Waals surface area contributed by atoms with Crippen LogP contribution in [0.5, 0.6) is 0 Å². The average molecular weight is 361 g/mol. The smallest absolute Gasteiger partial charge is 0.187 e. The van der Waals surface area contributed by atoms with Gasteiger partial charge in [0.15, 0.2) is 10.9 Å². The largest absolute Gasteiger partial charge is 0.289 e. The van der Waals surface area contributed by atoms with Crippen LogP contribution in [-0.2, 0) is 0 Å². The molecule has 3 heteroatoms. The van der Waals surface area contributed by atoms with Gasteiger partial charge in [0.1, 0.15) is 0 Å². The Morgan fingerprint density at radius 1 is 0.565 bits per heavy atom. The van der Waals surface area contributed by atoms with E-state index in [1.54, 1.807) is 12.1 Å². The van der Waals surface area contributed by atoms with Crippen LogP contribution in [0, 0.1) is 0 Å². The minimum Gasteiger partial charge on any atom is -0.289 e. The van der Waals surface area contributed by atoms with Gasteiger partial charge in [0.2, 0.25) is 0 Å². The minimum absolute atomic E-state index is 0.0971. The standard InChI is InChI=1S/C20H9BrO2/c21-14-7-5-12-11-3-1-2-10-4-8-15(22)19(17(10)11)20-16(23)9-6-13(14)18(12)20/h1-9H. The van der Waals surface area contributed by atoms with Crippen molar-refractivity contribution in [3.8, 4) is 0 Å². The Morgan fingerprint density at radius 3 is 2.04 bits per heavy atom. The van der Waals surface area contributed by atoms with E-state index in [-0.39, 0.29) is 10.9 Å². The molecule has 5 aromatic carbocycles. The maximum absolute atomic E-state index is 12.6. The quantitative estimate of drug-likeness (QED) is 0.297. The highest BCUT2D eigenvalue weighted by molar-refractivity contribution is 9.10. The second-order valence-electron chi connectivity index (χ2n) is 5.80. The van der Waals surface area contributed by atoms with E-state index in [2.05, 4.69) is 15.9 Å². The Hall–Kier alpha value is -2.52. The average Bonchev–Trinajstić information content (AvgIpc) is 2.56. The van der Waals surface area contributed by atoms with Crippen molar-refractivity contribution in [3.05, 3.63) is 79.5 Å². The number of rotatable bonds is 0. The zero-order valence-corrected chi connectivity index (χ0v) is 13.5. The number of benzene rings is 5. The van der Waals surface area contributed by atoms with E-state index in [1.165, 1.54) is 0 Å². The fourth-order valence-corrected chi connectivity index (χ4v) is 4.16. The third-order valence-corrected chi connectivity index (χ3v) is 5.33. The molecule has 5 rings (SSSR count). The van der Waals surface area contributed by atoms with E-state index >= 15 is 0 Å². The molecule has 0 spiro atoms. The molecule has 0 saturated heterocycles. The lowest BCUT2D eigenvalue weighted by Gasteiger charge is -2.13. The van der Waals surface area contributed by atoms with E-state index in [9.17, 15) is 9.59 Å². The minimum atomic E-state index is -0.101. The molecule has 5 aromatic rings. The number of halogens is 1. The summed E-state index contributed by atoms with van der Waals surface area (Å²) in [5.41, 5.74) is -0.198. The fraction of sp³-hybridized carbons (Fsp3) is 0. The van der Waals surface area contributed by atoms with Gasteiger partial charge in [-0.1, -0.05) is 46.3 Å². The second-order valence-corrected chi connectivity index (χ2v) is 6.65. The van der Waals surface area contributed by atoms with Crippen molar-refractivity contribution in [1.29, 1.82) is 0 Å². The van der Waals surface area contributed by atoms with Crippen LogP contribution in [0.4, 0.5) is 0 Å². The fourth-order valence-electron chi connectivity index (χ4n) is 3.70. The summed E-state index contributed by atoms with van der Waals surface area (Å²) in [5, 5.41) is 6.82. The summed E-state index contributed by atoms with van der Waals surface area (Å²) in [7, 11) is 0. The van der Waals surface area contributed by atoms with Gasteiger partial charge in [-0.15, -0.1) is 0 Å². The Morgan fingerprint density at radius 2 is 1.22 bits per heavy atom. The normalized spacial score (nSPS) is 12.0. The van der Waals surface area contributed by atoms with Gasteiger partial charge in [0.25, 0.3) is 0 Å². The molecule has 0 unspecified atom stereocenters. The number of hydrogen-bond donors (Lipinski definition) is 0. The van der Waals surface area contributed by atoms with Crippen molar-refractivity contribution in [2.45, 2.75) is 0 Å². The predicted molar refractivity (Wildman–Crippen MR) is 99.1 cm³/mol. The second kappa shape index (κ2) is 4.27. The molecule has 108 valence electrons. The van der Waals surface area contributed by atoms with Crippen molar-refractivity contribution in [2.75, 3.05) is 0 Å². The van der Waals surface area contributed by atoms with Crippen LogP contribution < -0.4 is 10.9 Å². The van der Waals surface area contributed by atoms with Crippen LogP contribution in [0.3, 0.4) is 0 Å². The summed E-state index contributed by atoms with van der Waals surface area (Å²) in [6, 6.07) is 16.8. The van der Waals surface area contributed by atoms with Gasteiger partial charge in [-0.3, -0.25) is 9.59 Å². The molecule has 0 aliphatic heterocycles. The summed E-state index contributed by atoms with van der Waals surface area (Å²) >= 11 is 3.56. The first-order valence-corrected chi connectivity index (χ1v) is 8.12. The lowest BCUT2D eigenvalue weighted by atomic mass is 9.89. The molecule has 0 radical (unpaired) electrons. The molecule has 0 saturated carbocycles. The molecule has 23 heavy (non-hydrogen) atoms. The SMILES string of the molecule is O=c1ccc2cccc3c4ccc(Br)c5ccc(=O)c(c1c23)c54. The highest BCUT2D eigenvalue weighted by atomic mass is 79.9. The van der Waals surface area contributed by atoms with Crippen molar-refractivity contribution in [2.24, 2.45) is 0 Å². The molecular formula is C20H9BrO2. The first kappa shape index (κ1) is 13.0. The highest BCUT2D eigenvalue weighted by Crippen LogP contribution is 2.39. The molecule has 0 aromatic heterocycles. The summed E-state index contributed by atoms with van der Waals surface area (Å²) in [5.74, 6) is 0. The Bertz CT molecular complexity index is 1360. The van der Waals surface area contributed by atoms with E-state index in [0.29, 0.717) is 10.8 Å². The van der Waals surface area contributed by atoms with Crippen molar-refractivity contribution < 1.29 is 0 Å². The number of fused-ring (bicyclic) bond motifs is 2. The number of hydrogen-bond acceptors (Lipinski definition) is 2. The molecule has 0 amide bonds. The lowest BCUT2D eigenvalue weighted by molar-refractivity contribution is 1.66. The topological polar surface area (TPSA) is 34.1 Å². The Labute approximate surface area is 138 Å². The monoisotopic (exact) mass is 360 g/mol. The predicted octanol–water partition coefficient (Wildman–Crippen LogP) is 4.66. The maximum atomic E-state index is 12.6. The maximum Gasteiger partial charge on any atom is 0.187 e. The van der Waals surface area contributed by atoms with Gasteiger partial charge in [-0.05, 0) is 45.8 Å². The van der Waals surface area contributed by atoms with Gasteiger partial charge in [-0.25, -0.2) is 0 Å². The van der Waals surface area contributed by atoms with E-state index < -0.39 is 0 Å². The molecule has 0 bridgehead atoms. The van der Waals surface area contributed by atoms with Gasteiger partial charge in [-0.2, -0.15) is 0 Å². The third-order valence-electron chi connectivity index (χ3n) is 4.64. The summed E-state index contributed by atoms with van der Waals surface area (Å²) < 4.78 is 0.927. The molecule has 0 fully saturated rings. The summed E-state index contributed by atoms with van der Waals surface area (Å²) in [4.78, 5) is 25.2. The van der Waals surface area contributed by atoms with Crippen molar-refractivity contribution >= 4 is 59.0 Å². The van der Waals surface area contributed by atoms with Gasteiger partial charge in [0.05, 0.1) is 0 Å². The van der Waals surface area contributed by atoms with Gasteiger partial charge < -0.3 is 0 Å². The van der Waals surface area contributed by atoms with Crippen LogP contribution in [0.1, 0.15) is 0 Å². The molecule has 0 heterocycles. The molecule has 0 atom stereocenters. The third kappa shape index (κ3) is 1.52. The zero-order valence-electron chi connectivity index (χ0n) is 11.9. The summed E-state index contributed by atoms with van der Waals surface area (Å²) in [6.45, 7) is 0. The lowest BCUT2D eigenvalue weighted by Crippen LogP contribution is -2.08. The van der Waals surface area contributed by atoms with Crippen LogP contribution in [-0.4, -0.2) is 0 Å². The molecule has 2 nitrogen and oxygen atoms in total. The van der Waals surface area contributed by atoms with Crippen LogP contribution in [0.15, 0.2) is 68.7 Å². The van der Waals surface area contributed by atoms with Gasteiger partial charge >= 0.3 is 0 Å². The zero-order chi connectivity index (χ0) is 15.7. The molecule has 0 aliphatic carbocycles. The highest BCUT2D eigenvalue weighted by Gasteiger charge is 2.17. The molecule has 0 N–H and O–H groups in total. The van der Waals surface area contributed by atoms with E-state index in [0.717, 1.165) is 36.8 Å². The van der Waals surface area contributed by atoms with Crippen LogP contribution in [0.2, 0.25) is 0 Å². The summed E-state index contributed by atoms with van der Waals surface area (Å²) in [6.07, 6.45) is 0. The van der Waals surface area contributed by atoms with Crippen molar-refractivity contribution in [1.82, 2.24) is 0 Å². The first-order valence-electron chi connectivity index (χ1n) is 7.32. The Balaban J connectivity index is 2.38. The van der Waals surface area contributed by atoms with E-state index in [1.807, 2.05) is 42.5 Å². The first-order chi connectivity index (χ1) is 11.2.